The van der Waals surface area contributed by atoms with Crippen molar-refractivity contribution in [3.05, 3.63) is 35.4 Å². The Morgan fingerprint density at radius 3 is 2.72 bits per heavy atom. The molecule has 3 atom stereocenters. The number of benzene rings is 1. The van der Waals surface area contributed by atoms with Gasteiger partial charge in [0.1, 0.15) is 11.6 Å². The van der Waals surface area contributed by atoms with Gasteiger partial charge in [-0.3, -0.25) is 10.9 Å². The third kappa shape index (κ3) is 4.98. The van der Waals surface area contributed by atoms with Gasteiger partial charge in [-0.05, 0) is 56.2 Å². The van der Waals surface area contributed by atoms with Gasteiger partial charge in [-0.2, -0.15) is 0 Å². The molecule has 3 fully saturated rings. The first-order valence-corrected chi connectivity index (χ1v) is 11.3. The summed E-state index contributed by atoms with van der Waals surface area (Å²) in [5, 5.41) is 10.2. The van der Waals surface area contributed by atoms with Crippen LogP contribution in [0.25, 0.3) is 0 Å². The van der Waals surface area contributed by atoms with Crippen molar-refractivity contribution in [1.82, 2.24) is 15.8 Å². The normalized spacial score (nSPS) is 32.0. The molecule has 29 heavy (non-hydrogen) atoms. The standard InChI is InChI=1S/C23H35F2N3O/c24-20-8-7-18(21(25)11-20)12-23(16-29)9-4-10-28(15-23)14-19-13-26-27-22(19)17-5-2-1-3-6-17/h7-8,11,17,19,22,26-27,29H,1-6,9-10,12-16H2. The van der Waals surface area contributed by atoms with Gasteiger partial charge in [-0.25, -0.2) is 8.78 Å². The summed E-state index contributed by atoms with van der Waals surface area (Å²) in [6, 6.07) is 4.32. The van der Waals surface area contributed by atoms with E-state index in [-0.39, 0.29) is 12.0 Å². The second-order valence-corrected chi connectivity index (χ2v) is 9.62. The highest BCUT2D eigenvalue weighted by Gasteiger charge is 2.39. The van der Waals surface area contributed by atoms with Gasteiger partial charge in [0, 0.05) is 43.1 Å². The first-order chi connectivity index (χ1) is 14.1. The van der Waals surface area contributed by atoms with Crippen LogP contribution >= 0.6 is 0 Å². The molecular weight excluding hydrogens is 372 g/mol. The van der Waals surface area contributed by atoms with Crippen molar-refractivity contribution in [1.29, 1.82) is 0 Å². The monoisotopic (exact) mass is 407 g/mol. The van der Waals surface area contributed by atoms with Gasteiger partial charge in [-0.1, -0.05) is 25.3 Å². The zero-order chi connectivity index (χ0) is 20.3. The van der Waals surface area contributed by atoms with E-state index in [2.05, 4.69) is 15.8 Å². The molecule has 2 saturated heterocycles. The Morgan fingerprint density at radius 2 is 1.97 bits per heavy atom. The number of aliphatic hydroxyl groups is 1. The Morgan fingerprint density at radius 1 is 1.14 bits per heavy atom. The molecule has 162 valence electrons. The van der Waals surface area contributed by atoms with Crippen LogP contribution in [0.15, 0.2) is 18.2 Å². The van der Waals surface area contributed by atoms with Gasteiger partial charge in [0.25, 0.3) is 0 Å². The molecule has 6 heteroatoms. The number of nitrogens with zero attached hydrogens (tertiary/aromatic N) is 1. The predicted molar refractivity (Wildman–Crippen MR) is 110 cm³/mol. The van der Waals surface area contributed by atoms with E-state index in [1.54, 1.807) is 0 Å². The van der Waals surface area contributed by atoms with E-state index in [0.29, 0.717) is 23.9 Å². The Hall–Kier alpha value is -1.08. The van der Waals surface area contributed by atoms with Crippen LogP contribution in [-0.4, -0.2) is 48.8 Å². The smallest absolute Gasteiger partial charge is 0.129 e. The molecule has 2 aliphatic heterocycles. The van der Waals surface area contributed by atoms with Crippen LogP contribution in [0, 0.1) is 28.9 Å². The molecule has 0 bridgehead atoms. The zero-order valence-electron chi connectivity index (χ0n) is 17.3. The molecule has 4 nitrogen and oxygen atoms in total. The Kier molecular flexibility index (Phi) is 6.84. The van der Waals surface area contributed by atoms with Crippen molar-refractivity contribution in [2.45, 2.75) is 57.4 Å². The molecule has 1 aliphatic carbocycles. The molecule has 0 spiro atoms. The lowest BCUT2D eigenvalue weighted by atomic mass is 9.75. The summed E-state index contributed by atoms with van der Waals surface area (Å²) in [5.74, 6) is 0.265. The number of hydrogen-bond acceptors (Lipinski definition) is 4. The Labute approximate surface area is 173 Å². The summed E-state index contributed by atoms with van der Waals surface area (Å²) >= 11 is 0. The highest BCUT2D eigenvalue weighted by atomic mass is 19.1. The minimum Gasteiger partial charge on any atom is -0.396 e. The van der Waals surface area contributed by atoms with Crippen molar-refractivity contribution >= 4 is 0 Å². The molecule has 0 amide bonds. The fourth-order valence-corrected chi connectivity index (χ4v) is 5.92. The largest absolute Gasteiger partial charge is 0.396 e. The van der Waals surface area contributed by atoms with Crippen LogP contribution in [0.1, 0.15) is 50.5 Å². The number of hydrogen-bond donors (Lipinski definition) is 3. The van der Waals surface area contributed by atoms with Crippen LogP contribution in [0.4, 0.5) is 8.78 Å². The fourth-order valence-electron chi connectivity index (χ4n) is 5.92. The van der Waals surface area contributed by atoms with Crippen LogP contribution in [0.3, 0.4) is 0 Å². The maximum atomic E-state index is 14.2. The first-order valence-electron chi connectivity index (χ1n) is 11.3. The molecule has 2 heterocycles. The number of aliphatic hydroxyl groups excluding tert-OH is 1. The van der Waals surface area contributed by atoms with Gasteiger partial charge in [0.05, 0.1) is 6.61 Å². The van der Waals surface area contributed by atoms with E-state index in [0.717, 1.165) is 51.0 Å². The molecule has 1 saturated carbocycles. The van der Waals surface area contributed by atoms with E-state index in [1.165, 1.54) is 44.2 Å². The molecule has 0 aromatic heterocycles. The number of hydrazine groups is 1. The molecule has 1 aromatic rings. The fraction of sp³-hybridized carbons (Fsp3) is 0.739. The average molecular weight is 408 g/mol. The number of nitrogens with one attached hydrogen (secondary N) is 2. The van der Waals surface area contributed by atoms with E-state index in [4.69, 9.17) is 0 Å². The lowest BCUT2D eigenvalue weighted by Crippen LogP contribution is -2.50. The molecule has 3 N–H and O–H groups in total. The summed E-state index contributed by atoms with van der Waals surface area (Å²) in [6.07, 6.45) is 9.04. The lowest BCUT2D eigenvalue weighted by molar-refractivity contribution is 0.0231. The molecule has 3 unspecified atom stereocenters. The van der Waals surface area contributed by atoms with Crippen LogP contribution in [0.5, 0.6) is 0 Å². The average Bonchev–Trinajstić information content (AvgIpc) is 3.19. The summed E-state index contributed by atoms with van der Waals surface area (Å²) in [5.41, 5.74) is 7.08. The third-order valence-corrected chi connectivity index (χ3v) is 7.45. The van der Waals surface area contributed by atoms with E-state index in [1.807, 2.05) is 0 Å². The Balaban J connectivity index is 1.41. The predicted octanol–water partition coefficient (Wildman–Crippen LogP) is 3.25. The first kappa shape index (κ1) is 21.2. The van der Waals surface area contributed by atoms with Gasteiger partial charge in [0.2, 0.25) is 0 Å². The van der Waals surface area contributed by atoms with Crippen molar-refractivity contribution in [2.24, 2.45) is 17.3 Å². The van der Waals surface area contributed by atoms with Gasteiger partial charge in [-0.15, -0.1) is 0 Å². The lowest BCUT2D eigenvalue weighted by Gasteiger charge is -2.43. The van der Waals surface area contributed by atoms with Gasteiger partial charge in [0.15, 0.2) is 0 Å². The summed E-state index contributed by atoms with van der Waals surface area (Å²) < 4.78 is 27.5. The van der Waals surface area contributed by atoms with E-state index < -0.39 is 11.6 Å². The minimum absolute atomic E-state index is 0.0353. The molecule has 1 aromatic carbocycles. The number of halogens is 2. The maximum absolute atomic E-state index is 14.2. The highest BCUT2D eigenvalue weighted by molar-refractivity contribution is 5.20. The summed E-state index contributed by atoms with van der Waals surface area (Å²) in [6.45, 7) is 3.83. The van der Waals surface area contributed by atoms with Crippen molar-refractivity contribution < 1.29 is 13.9 Å². The van der Waals surface area contributed by atoms with Gasteiger partial charge >= 0.3 is 0 Å². The number of rotatable bonds is 6. The zero-order valence-corrected chi connectivity index (χ0v) is 17.3. The van der Waals surface area contributed by atoms with Crippen LogP contribution in [0.2, 0.25) is 0 Å². The Bertz CT molecular complexity index is 682. The van der Waals surface area contributed by atoms with Crippen molar-refractivity contribution in [3.63, 3.8) is 0 Å². The number of piperidine rings is 1. The minimum atomic E-state index is -0.551. The van der Waals surface area contributed by atoms with E-state index >= 15 is 0 Å². The molecule has 0 radical (unpaired) electrons. The van der Waals surface area contributed by atoms with Gasteiger partial charge < -0.3 is 10.0 Å². The molecule has 3 aliphatic rings. The van der Waals surface area contributed by atoms with Crippen molar-refractivity contribution in [2.75, 3.05) is 32.8 Å². The summed E-state index contributed by atoms with van der Waals surface area (Å²) in [4.78, 5) is 2.47. The molecular formula is C23H35F2N3O. The quantitative estimate of drug-likeness (QED) is 0.678. The topological polar surface area (TPSA) is 47.5 Å². The van der Waals surface area contributed by atoms with Crippen LogP contribution < -0.4 is 10.9 Å². The maximum Gasteiger partial charge on any atom is 0.129 e. The SMILES string of the molecule is OCC1(Cc2ccc(F)cc2F)CCCN(CC2CNNC2C2CCCCC2)C1. The van der Waals surface area contributed by atoms with E-state index in [9.17, 15) is 13.9 Å². The highest BCUT2D eigenvalue weighted by Crippen LogP contribution is 2.36. The van der Waals surface area contributed by atoms with Crippen LogP contribution in [-0.2, 0) is 6.42 Å². The third-order valence-electron chi connectivity index (χ3n) is 7.45. The summed E-state index contributed by atoms with van der Waals surface area (Å²) in [7, 11) is 0. The second-order valence-electron chi connectivity index (χ2n) is 9.62. The molecule has 4 rings (SSSR count). The van der Waals surface area contributed by atoms with Crippen molar-refractivity contribution in [3.8, 4) is 0 Å². The number of likely N-dealkylation sites (tertiary alicyclic amines) is 1. The second kappa shape index (κ2) is 9.38.